The highest BCUT2D eigenvalue weighted by Crippen LogP contribution is 2.24. The van der Waals surface area contributed by atoms with Crippen LogP contribution in [0.25, 0.3) is 0 Å². The lowest BCUT2D eigenvalue weighted by Gasteiger charge is -2.35. The third-order valence-corrected chi connectivity index (χ3v) is 5.22. The van der Waals surface area contributed by atoms with Crippen LogP contribution in [0.15, 0.2) is 36.4 Å². The van der Waals surface area contributed by atoms with Crippen molar-refractivity contribution in [2.24, 2.45) is 0 Å². The smallest absolute Gasteiger partial charge is 0.258 e. The molecule has 142 valence electrons. The Balaban J connectivity index is 1.70. The van der Waals surface area contributed by atoms with Crippen molar-refractivity contribution in [3.8, 4) is 5.75 Å². The number of hydrogen-bond donors (Lipinski definition) is 0. The van der Waals surface area contributed by atoms with Gasteiger partial charge in [0.1, 0.15) is 12.3 Å². The summed E-state index contributed by atoms with van der Waals surface area (Å²) < 4.78 is 5.34. The summed E-state index contributed by atoms with van der Waals surface area (Å²) in [5.41, 5.74) is 4.97. The predicted octanol–water partition coefficient (Wildman–Crippen LogP) is 3.11. The maximum atomic E-state index is 13.0. The number of hydrogen-bond acceptors (Lipinski definition) is 3. The Kier molecular flexibility index (Phi) is 5.49. The second kappa shape index (κ2) is 7.82. The molecule has 5 heteroatoms. The Bertz CT molecular complexity index is 876. The Morgan fingerprint density at radius 2 is 1.81 bits per heavy atom. The number of rotatable bonds is 4. The lowest BCUT2D eigenvalue weighted by atomic mass is 10.0. The van der Waals surface area contributed by atoms with Gasteiger partial charge < -0.3 is 14.5 Å². The minimum Gasteiger partial charge on any atom is -0.496 e. The molecule has 1 aliphatic rings. The third-order valence-electron chi connectivity index (χ3n) is 5.22. The summed E-state index contributed by atoms with van der Waals surface area (Å²) in [5.74, 6) is 0.370. The highest BCUT2D eigenvalue weighted by atomic mass is 16.5. The molecule has 0 aliphatic carbocycles. The molecule has 5 nitrogen and oxygen atoms in total. The van der Waals surface area contributed by atoms with E-state index < -0.39 is 0 Å². The van der Waals surface area contributed by atoms with Crippen LogP contribution in [0.5, 0.6) is 5.75 Å². The van der Waals surface area contributed by atoms with Gasteiger partial charge in [-0.25, -0.2) is 0 Å². The molecule has 0 saturated carbocycles. The number of carbonyl (C=O) groups excluding carboxylic acids is 2. The van der Waals surface area contributed by atoms with Crippen LogP contribution >= 0.6 is 0 Å². The lowest BCUT2D eigenvalue weighted by molar-refractivity contribution is -0.135. The van der Waals surface area contributed by atoms with Gasteiger partial charge in [-0.2, -0.15) is 0 Å². The van der Waals surface area contributed by atoms with Gasteiger partial charge in [-0.15, -0.1) is 0 Å². The van der Waals surface area contributed by atoms with Crippen molar-refractivity contribution in [1.29, 1.82) is 0 Å². The van der Waals surface area contributed by atoms with Crippen molar-refractivity contribution in [2.75, 3.05) is 26.7 Å². The molecule has 3 rings (SSSR count). The van der Waals surface area contributed by atoms with Gasteiger partial charge in [0.05, 0.1) is 12.7 Å². The van der Waals surface area contributed by atoms with Crippen LogP contribution in [-0.4, -0.2) is 48.4 Å². The van der Waals surface area contributed by atoms with E-state index in [0.717, 1.165) is 11.1 Å². The molecular formula is C22H26N2O3. The maximum absolute atomic E-state index is 13.0. The van der Waals surface area contributed by atoms with Gasteiger partial charge in [0.2, 0.25) is 5.91 Å². The van der Waals surface area contributed by atoms with E-state index in [9.17, 15) is 9.59 Å². The number of piperazine rings is 1. The average Bonchev–Trinajstić information content (AvgIpc) is 2.65. The summed E-state index contributed by atoms with van der Waals surface area (Å²) in [7, 11) is 1.55. The van der Waals surface area contributed by atoms with Gasteiger partial charge in [0, 0.05) is 19.6 Å². The molecule has 0 atom stereocenters. The fourth-order valence-electron chi connectivity index (χ4n) is 3.41. The lowest BCUT2D eigenvalue weighted by Crippen LogP contribution is -2.51. The quantitative estimate of drug-likeness (QED) is 0.835. The Hall–Kier alpha value is -2.82. The largest absolute Gasteiger partial charge is 0.496 e. The molecular weight excluding hydrogens is 340 g/mol. The zero-order valence-electron chi connectivity index (χ0n) is 16.4. The second-order valence-corrected chi connectivity index (χ2v) is 7.11. The van der Waals surface area contributed by atoms with Crippen molar-refractivity contribution in [3.63, 3.8) is 0 Å². The minimum absolute atomic E-state index is 0.0274. The molecule has 0 bridgehead atoms. The molecule has 27 heavy (non-hydrogen) atoms. The molecule has 1 fully saturated rings. The van der Waals surface area contributed by atoms with Crippen molar-refractivity contribution in [1.82, 2.24) is 9.80 Å². The zero-order valence-corrected chi connectivity index (χ0v) is 16.4. The Morgan fingerprint density at radius 1 is 1.04 bits per heavy atom. The molecule has 1 heterocycles. The van der Waals surface area contributed by atoms with Gasteiger partial charge in [0.25, 0.3) is 5.91 Å². The van der Waals surface area contributed by atoms with Crippen LogP contribution in [0.1, 0.15) is 32.6 Å². The van der Waals surface area contributed by atoms with Crippen LogP contribution in [-0.2, 0) is 11.3 Å². The highest BCUT2D eigenvalue weighted by Gasteiger charge is 2.29. The molecule has 0 unspecified atom stereocenters. The first kappa shape index (κ1) is 19.0. The van der Waals surface area contributed by atoms with Crippen molar-refractivity contribution < 1.29 is 14.3 Å². The molecule has 0 spiro atoms. The van der Waals surface area contributed by atoms with Gasteiger partial charge >= 0.3 is 0 Å². The summed E-state index contributed by atoms with van der Waals surface area (Å²) in [6.07, 6.45) is 0. The molecule has 0 N–H and O–H groups in total. The van der Waals surface area contributed by atoms with E-state index in [-0.39, 0.29) is 18.4 Å². The van der Waals surface area contributed by atoms with E-state index in [4.69, 9.17) is 4.74 Å². The van der Waals surface area contributed by atoms with E-state index in [1.54, 1.807) is 18.1 Å². The molecule has 0 radical (unpaired) electrons. The van der Waals surface area contributed by atoms with Gasteiger partial charge in [-0.05, 0) is 49.1 Å². The van der Waals surface area contributed by atoms with Crippen LogP contribution in [0.3, 0.4) is 0 Å². The van der Waals surface area contributed by atoms with Crippen molar-refractivity contribution >= 4 is 11.8 Å². The van der Waals surface area contributed by atoms with E-state index in [0.29, 0.717) is 30.9 Å². The summed E-state index contributed by atoms with van der Waals surface area (Å²) in [6, 6.07) is 11.8. The normalized spacial score (nSPS) is 14.4. The van der Waals surface area contributed by atoms with Crippen LogP contribution in [0.4, 0.5) is 0 Å². The van der Waals surface area contributed by atoms with Gasteiger partial charge in [0.15, 0.2) is 0 Å². The average molecular weight is 366 g/mol. The van der Waals surface area contributed by atoms with Crippen LogP contribution in [0.2, 0.25) is 0 Å². The SMILES string of the molecule is COc1cccc(C)c1C(=O)N1CCN(Cc2ccc(C)c(C)c2)C(=O)C1. The summed E-state index contributed by atoms with van der Waals surface area (Å²) in [4.78, 5) is 29.0. The van der Waals surface area contributed by atoms with Gasteiger partial charge in [-0.3, -0.25) is 9.59 Å². The number of benzene rings is 2. The first-order valence-electron chi connectivity index (χ1n) is 9.17. The Labute approximate surface area is 160 Å². The summed E-state index contributed by atoms with van der Waals surface area (Å²) in [6.45, 7) is 7.77. The Morgan fingerprint density at radius 3 is 2.48 bits per heavy atom. The minimum atomic E-state index is -0.149. The van der Waals surface area contributed by atoms with Crippen LogP contribution in [0, 0.1) is 20.8 Å². The van der Waals surface area contributed by atoms with Crippen molar-refractivity contribution in [3.05, 3.63) is 64.2 Å². The summed E-state index contributed by atoms with van der Waals surface area (Å²) >= 11 is 0. The molecule has 2 amide bonds. The molecule has 2 aromatic carbocycles. The topological polar surface area (TPSA) is 49.9 Å². The fraction of sp³-hybridized carbons (Fsp3) is 0.364. The molecule has 2 aromatic rings. The first-order chi connectivity index (χ1) is 12.9. The molecule has 1 saturated heterocycles. The number of methoxy groups -OCH3 is 1. The number of aryl methyl sites for hydroxylation is 3. The molecule has 1 aliphatic heterocycles. The number of carbonyl (C=O) groups is 2. The fourth-order valence-corrected chi connectivity index (χ4v) is 3.41. The monoisotopic (exact) mass is 366 g/mol. The standard InChI is InChI=1S/C22H26N2O3/c1-15-8-9-18(12-17(15)3)13-23-10-11-24(14-20(23)25)22(26)21-16(2)6-5-7-19(21)27-4/h5-9,12H,10-11,13-14H2,1-4H3. The number of amides is 2. The van der Waals surface area contributed by atoms with E-state index in [2.05, 4.69) is 32.0 Å². The number of ether oxygens (including phenoxy) is 1. The van der Waals surface area contributed by atoms with Crippen molar-refractivity contribution in [2.45, 2.75) is 27.3 Å². The summed E-state index contributed by atoms with van der Waals surface area (Å²) in [5, 5.41) is 0. The first-order valence-corrected chi connectivity index (χ1v) is 9.17. The van der Waals surface area contributed by atoms with E-state index in [1.807, 2.05) is 24.0 Å². The van der Waals surface area contributed by atoms with E-state index in [1.165, 1.54) is 11.1 Å². The van der Waals surface area contributed by atoms with E-state index >= 15 is 0 Å². The van der Waals surface area contributed by atoms with Crippen LogP contribution < -0.4 is 4.74 Å². The zero-order chi connectivity index (χ0) is 19.6. The van der Waals surface area contributed by atoms with Gasteiger partial charge in [-0.1, -0.05) is 30.3 Å². The number of nitrogens with zero attached hydrogens (tertiary/aromatic N) is 2. The predicted molar refractivity (Wildman–Crippen MR) is 105 cm³/mol. The molecule has 0 aromatic heterocycles. The third kappa shape index (κ3) is 3.97. The maximum Gasteiger partial charge on any atom is 0.258 e. The highest BCUT2D eigenvalue weighted by molar-refractivity contribution is 6.00. The second-order valence-electron chi connectivity index (χ2n) is 7.11.